The van der Waals surface area contributed by atoms with Crippen molar-refractivity contribution in [2.24, 2.45) is 0 Å². The molecule has 6 nitrogen and oxygen atoms in total. The lowest BCUT2D eigenvalue weighted by Crippen LogP contribution is -2.55. The first kappa shape index (κ1) is 17.4. The van der Waals surface area contributed by atoms with Gasteiger partial charge in [0.15, 0.2) is 0 Å². The molecule has 1 saturated heterocycles. The minimum Gasteiger partial charge on any atom is -0.495 e. The van der Waals surface area contributed by atoms with Crippen LogP contribution in [0.15, 0.2) is 42.7 Å². The minimum atomic E-state index is -0.151. The molecule has 132 valence electrons. The summed E-state index contributed by atoms with van der Waals surface area (Å²) >= 11 is 6.03. The molecular weight excluding hydrogens is 340 g/mol. The molecule has 0 radical (unpaired) electrons. The highest BCUT2D eigenvalue weighted by Crippen LogP contribution is 2.28. The zero-order valence-electron chi connectivity index (χ0n) is 14.3. The zero-order chi connectivity index (χ0) is 17.8. The number of carbonyl (C=O) groups is 1. The lowest BCUT2D eigenvalue weighted by molar-refractivity contribution is 0.184. The fourth-order valence-electron chi connectivity index (χ4n) is 3.01. The Balaban J connectivity index is 1.67. The van der Waals surface area contributed by atoms with E-state index in [-0.39, 0.29) is 12.1 Å². The van der Waals surface area contributed by atoms with Crippen LogP contribution in [0, 0.1) is 0 Å². The van der Waals surface area contributed by atoms with E-state index >= 15 is 0 Å². The number of hydrogen-bond acceptors (Lipinski definition) is 4. The molecule has 0 aliphatic carbocycles. The maximum Gasteiger partial charge on any atom is 0.322 e. The summed E-state index contributed by atoms with van der Waals surface area (Å²) in [6.07, 6.45) is 3.56. The number of hydrogen-bond donors (Lipinski definition) is 1. The van der Waals surface area contributed by atoms with Crippen LogP contribution in [-0.4, -0.2) is 48.7 Å². The highest BCUT2D eigenvalue weighted by atomic mass is 35.5. The molecule has 1 atom stereocenters. The summed E-state index contributed by atoms with van der Waals surface area (Å²) in [6, 6.07) is 9.05. The van der Waals surface area contributed by atoms with Gasteiger partial charge < -0.3 is 19.9 Å². The summed E-state index contributed by atoms with van der Waals surface area (Å²) in [5, 5.41) is 3.45. The molecule has 1 N–H and O–H groups in total. The largest absolute Gasteiger partial charge is 0.495 e. The van der Waals surface area contributed by atoms with E-state index in [9.17, 15) is 4.79 Å². The van der Waals surface area contributed by atoms with Gasteiger partial charge in [0, 0.05) is 48.8 Å². The standard InChI is InChI=1S/C18H21ClN4O2/c1-13-12-22(15-5-7-20-8-6-15)9-10-23(13)18(24)21-16-11-14(19)3-4-17(16)25-2/h3-8,11,13H,9-10,12H2,1-2H3,(H,21,24). The third-order valence-electron chi connectivity index (χ3n) is 4.32. The van der Waals surface area contributed by atoms with Gasteiger partial charge in [-0.05, 0) is 37.3 Å². The quantitative estimate of drug-likeness (QED) is 0.910. The Morgan fingerprint density at radius 3 is 2.72 bits per heavy atom. The molecule has 1 fully saturated rings. The molecule has 1 aromatic heterocycles. The molecular formula is C18H21ClN4O2. The molecule has 1 aliphatic heterocycles. The van der Waals surface area contributed by atoms with E-state index in [0.717, 1.165) is 18.8 Å². The fraction of sp³-hybridized carbons (Fsp3) is 0.333. The topological polar surface area (TPSA) is 57.7 Å². The van der Waals surface area contributed by atoms with Crippen molar-refractivity contribution in [3.63, 3.8) is 0 Å². The number of nitrogens with one attached hydrogen (secondary N) is 1. The van der Waals surface area contributed by atoms with Crippen LogP contribution < -0.4 is 15.0 Å². The number of anilines is 2. The van der Waals surface area contributed by atoms with Crippen molar-refractivity contribution >= 4 is 29.0 Å². The molecule has 0 bridgehead atoms. The Hall–Kier alpha value is -2.47. The van der Waals surface area contributed by atoms with Crippen LogP contribution in [0.25, 0.3) is 0 Å². The van der Waals surface area contributed by atoms with E-state index in [1.807, 2.05) is 24.0 Å². The number of amides is 2. The van der Waals surface area contributed by atoms with Crippen molar-refractivity contribution in [3.8, 4) is 5.75 Å². The predicted molar refractivity (Wildman–Crippen MR) is 99.6 cm³/mol. The third kappa shape index (κ3) is 3.96. The van der Waals surface area contributed by atoms with Crippen LogP contribution in [0.3, 0.4) is 0 Å². The second kappa shape index (κ2) is 7.61. The van der Waals surface area contributed by atoms with Crippen molar-refractivity contribution in [2.75, 3.05) is 37.0 Å². The summed E-state index contributed by atoms with van der Waals surface area (Å²) < 4.78 is 5.28. The molecule has 1 aliphatic rings. The second-order valence-corrected chi connectivity index (χ2v) is 6.41. The first-order chi connectivity index (χ1) is 12.1. The highest BCUT2D eigenvalue weighted by Gasteiger charge is 2.28. The lowest BCUT2D eigenvalue weighted by Gasteiger charge is -2.40. The van der Waals surface area contributed by atoms with Gasteiger partial charge in [0.05, 0.1) is 12.8 Å². The number of rotatable bonds is 3. The smallest absolute Gasteiger partial charge is 0.322 e. The van der Waals surface area contributed by atoms with Gasteiger partial charge in [-0.25, -0.2) is 4.79 Å². The van der Waals surface area contributed by atoms with Gasteiger partial charge in [-0.1, -0.05) is 11.6 Å². The molecule has 3 rings (SSSR count). The van der Waals surface area contributed by atoms with E-state index in [1.165, 1.54) is 0 Å². The summed E-state index contributed by atoms with van der Waals surface area (Å²) in [4.78, 5) is 20.8. The van der Waals surface area contributed by atoms with E-state index in [0.29, 0.717) is 23.0 Å². The van der Waals surface area contributed by atoms with Crippen LogP contribution in [0.2, 0.25) is 5.02 Å². The van der Waals surface area contributed by atoms with Gasteiger partial charge in [-0.2, -0.15) is 0 Å². The van der Waals surface area contributed by atoms with Crippen molar-refractivity contribution in [2.45, 2.75) is 13.0 Å². The van der Waals surface area contributed by atoms with Crippen LogP contribution >= 0.6 is 11.6 Å². The molecule has 2 amide bonds. The van der Waals surface area contributed by atoms with Crippen LogP contribution in [-0.2, 0) is 0 Å². The Morgan fingerprint density at radius 1 is 1.28 bits per heavy atom. The van der Waals surface area contributed by atoms with E-state index < -0.39 is 0 Å². The summed E-state index contributed by atoms with van der Waals surface area (Å²) in [5.74, 6) is 0.584. The molecule has 0 saturated carbocycles. The molecule has 25 heavy (non-hydrogen) atoms. The van der Waals surface area contributed by atoms with Gasteiger partial charge in [0.2, 0.25) is 0 Å². The highest BCUT2D eigenvalue weighted by molar-refractivity contribution is 6.31. The van der Waals surface area contributed by atoms with Crippen molar-refractivity contribution in [3.05, 3.63) is 47.7 Å². The van der Waals surface area contributed by atoms with Crippen molar-refractivity contribution in [1.29, 1.82) is 0 Å². The lowest BCUT2D eigenvalue weighted by atomic mass is 10.2. The summed E-state index contributed by atoms with van der Waals surface area (Å²) in [5.41, 5.74) is 1.70. The van der Waals surface area contributed by atoms with Crippen LogP contribution in [0.1, 0.15) is 6.92 Å². The molecule has 2 aromatic rings. The molecule has 2 heterocycles. The fourth-order valence-corrected chi connectivity index (χ4v) is 3.19. The van der Waals surface area contributed by atoms with E-state index in [1.54, 1.807) is 37.7 Å². The number of methoxy groups -OCH3 is 1. The number of halogens is 1. The minimum absolute atomic E-state index is 0.0760. The molecule has 1 unspecified atom stereocenters. The van der Waals surface area contributed by atoms with Gasteiger partial charge >= 0.3 is 6.03 Å². The number of benzene rings is 1. The van der Waals surface area contributed by atoms with Gasteiger partial charge in [0.1, 0.15) is 5.75 Å². The number of pyridine rings is 1. The maximum absolute atomic E-state index is 12.7. The van der Waals surface area contributed by atoms with Gasteiger partial charge in [-0.3, -0.25) is 4.98 Å². The zero-order valence-corrected chi connectivity index (χ0v) is 15.0. The molecule has 1 aromatic carbocycles. The monoisotopic (exact) mass is 360 g/mol. The van der Waals surface area contributed by atoms with E-state index in [4.69, 9.17) is 16.3 Å². The number of carbonyl (C=O) groups excluding carboxylic acids is 1. The Morgan fingerprint density at radius 2 is 2.04 bits per heavy atom. The first-order valence-electron chi connectivity index (χ1n) is 8.14. The average molecular weight is 361 g/mol. The van der Waals surface area contributed by atoms with Gasteiger partial charge in [0.25, 0.3) is 0 Å². The Labute approximate surface area is 152 Å². The average Bonchev–Trinajstić information content (AvgIpc) is 2.62. The number of nitrogens with zero attached hydrogens (tertiary/aromatic N) is 3. The number of urea groups is 1. The molecule has 7 heteroatoms. The predicted octanol–water partition coefficient (Wildman–Crippen LogP) is 3.49. The number of aromatic nitrogens is 1. The first-order valence-corrected chi connectivity index (χ1v) is 8.52. The second-order valence-electron chi connectivity index (χ2n) is 5.97. The van der Waals surface area contributed by atoms with Crippen LogP contribution in [0.5, 0.6) is 5.75 Å². The summed E-state index contributed by atoms with van der Waals surface area (Å²) in [7, 11) is 1.56. The number of piperazine rings is 1. The maximum atomic E-state index is 12.7. The number of ether oxygens (including phenoxy) is 1. The Kier molecular flexibility index (Phi) is 5.28. The summed E-state index contributed by atoms with van der Waals surface area (Å²) in [6.45, 7) is 4.22. The SMILES string of the molecule is COc1ccc(Cl)cc1NC(=O)N1CCN(c2ccncc2)CC1C. The van der Waals surface area contributed by atoms with Crippen molar-refractivity contribution < 1.29 is 9.53 Å². The molecule has 0 spiro atoms. The van der Waals surface area contributed by atoms with Crippen LogP contribution in [0.4, 0.5) is 16.2 Å². The third-order valence-corrected chi connectivity index (χ3v) is 4.55. The van der Waals surface area contributed by atoms with Gasteiger partial charge in [-0.15, -0.1) is 0 Å². The van der Waals surface area contributed by atoms with E-state index in [2.05, 4.69) is 15.2 Å². The Bertz CT molecular complexity index is 741. The van der Waals surface area contributed by atoms with Crippen molar-refractivity contribution in [1.82, 2.24) is 9.88 Å². The normalized spacial score (nSPS) is 17.3.